The van der Waals surface area contributed by atoms with Crippen LogP contribution in [0.4, 0.5) is 0 Å². The Kier molecular flexibility index (Phi) is 3.19. The van der Waals surface area contributed by atoms with Crippen LogP contribution in [0.5, 0.6) is 0 Å². The van der Waals surface area contributed by atoms with Crippen molar-refractivity contribution in [1.29, 1.82) is 0 Å². The van der Waals surface area contributed by atoms with E-state index in [0.717, 1.165) is 0 Å². The second-order valence-electron chi connectivity index (χ2n) is 4.44. The average molecular weight is 246 g/mol. The number of carbonyl (C=O) groups is 2. The molecule has 0 unspecified atom stereocenters. The van der Waals surface area contributed by atoms with Gasteiger partial charge >= 0.3 is 11.9 Å². The van der Waals surface area contributed by atoms with Crippen LogP contribution in [0.1, 0.15) is 18.4 Å². The monoisotopic (exact) mass is 246 g/mol. The lowest BCUT2D eigenvalue weighted by Crippen LogP contribution is -2.47. The van der Waals surface area contributed by atoms with Crippen LogP contribution >= 0.6 is 0 Å². The van der Waals surface area contributed by atoms with Gasteiger partial charge in [0.05, 0.1) is 5.92 Å². The summed E-state index contributed by atoms with van der Waals surface area (Å²) in [4.78, 5) is 23.0. The molecule has 0 fully saturated rings. The molecule has 1 aliphatic rings. The number of hydrogen-bond donors (Lipinski definition) is 2. The van der Waals surface area contributed by atoms with Gasteiger partial charge in [-0.2, -0.15) is 0 Å². The lowest BCUT2D eigenvalue weighted by molar-refractivity contribution is -0.156. The molecule has 4 nitrogen and oxygen atoms in total. The molecule has 2 rings (SSSR count). The van der Waals surface area contributed by atoms with Gasteiger partial charge in [-0.25, -0.2) is 0 Å². The molecule has 2 N–H and O–H groups in total. The summed E-state index contributed by atoms with van der Waals surface area (Å²) >= 11 is 0. The summed E-state index contributed by atoms with van der Waals surface area (Å²) < 4.78 is 0. The number of rotatable bonds is 3. The van der Waals surface area contributed by atoms with E-state index in [0.29, 0.717) is 5.56 Å². The van der Waals surface area contributed by atoms with Gasteiger partial charge in [-0.15, -0.1) is 0 Å². The number of hydrogen-bond acceptors (Lipinski definition) is 2. The van der Waals surface area contributed by atoms with E-state index in [-0.39, 0.29) is 12.8 Å². The first-order valence-electron chi connectivity index (χ1n) is 5.76. The van der Waals surface area contributed by atoms with E-state index in [1.54, 1.807) is 42.5 Å². The van der Waals surface area contributed by atoms with Crippen LogP contribution in [-0.4, -0.2) is 22.2 Å². The molecule has 0 saturated heterocycles. The van der Waals surface area contributed by atoms with Crippen LogP contribution in [-0.2, 0) is 15.0 Å². The molecule has 0 aliphatic heterocycles. The van der Waals surface area contributed by atoms with Crippen LogP contribution < -0.4 is 0 Å². The second kappa shape index (κ2) is 4.64. The highest BCUT2D eigenvalue weighted by molar-refractivity contribution is 5.89. The molecule has 0 spiro atoms. The Labute approximate surface area is 105 Å². The van der Waals surface area contributed by atoms with Crippen LogP contribution in [0.25, 0.3) is 0 Å². The molecule has 4 heteroatoms. The molecule has 1 aromatic carbocycles. The van der Waals surface area contributed by atoms with Crippen molar-refractivity contribution in [3.63, 3.8) is 0 Å². The molecule has 0 heterocycles. The van der Waals surface area contributed by atoms with E-state index in [9.17, 15) is 19.8 Å². The number of carboxylic acids is 2. The second-order valence-corrected chi connectivity index (χ2v) is 4.44. The van der Waals surface area contributed by atoms with Crippen molar-refractivity contribution in [3.8, 4) is 0 Å². The molecular weight excluding hydrogens is 232 g/mol. The molecule has 2 atom stereocenters. The summed E-state index contributed by atoms with van der Waals surface area (Å²) in [6.45, 7) is 0. The summed E-state index contributed by atoms with van der Waals surface area (Å²) in [6.07, 6.45) is 3.95. The third-order valence-electron chi connectivity index (χ3n) is 3.54. The zero-order valence-corrected chi connectivity index (χ0v) is 9.74. The van der Waals surface area contributed by atoms with Gasteiger partial charge in [-0.05, 0) is 18.4 Å². The molecule has 0 bridgehead atoms. The van der Waals surface area contributed by atoms with Crippen molar-refractivity contribution in [2.75, 3.05) is 0 Å². The maximum atomic E-state index is 11.7. The molecule has 0 aromatic heterocycles. The molecular formula is C14H14O4. The molecule has 0 amide bonds. The maximum absolute atomic E-state index is 11.7. The number of aliphatic carboxylic acids is 2. The molecule has 0 radical (unpaired) electrons. The number of allylic oxidation sites excluding steroid dienone is 2. The zero-order chi connectivity index (χ0) is 13.2. The third kappa shape index (κ3) is 1.79. The first-order chi connectivity index (χ1) is 8.59. The van der Waals surface area contributed by atoms with E-state index >= 15 is 0 Å². The summed E-state index contributed by atoms with van der Waals surface area (Å²) in [5, 5.41) is 18.9. The number of benzene rings is 1. The van der Waals surface area contributed by atoms with Gasteiger partial charge in [0, 0.05) is 0 Å². The van der Waals surface area contributed by atoms with Gasteiger partial charge in [0.2, 0.25) is 0 Å². The fraction of sp³-hybridized carbons (Fsp3) is 0.286. The van der Waals surface area contributed by atoms with Crippen molar-refractivity contribution in [1.82, 2.24) is 0 Å². The summed E-state index contributed by atoms with van der Waals surface area (Å²) in [7, 11) is 0. The van der Waals surface area contributed by atoms with Gasteiger partial charge in [-0.1, -0.05) is 42.5 Å². The highest BCUT2D eigenvalue weighted by atomic mass is 16.4. The Hall–Kier alpha value is -2.10. The summed E-state index contributed by atoms with van der Waals surface area (Å²) in [5.41, 5.74) is -0.809. The van der Waals surface area contributed by atoms with E-state index < -0.39 is 23.3 Å². The number of carboxylic acid groups (broad SMARTS) is 2. The Bertz CT molecular complexity index is 492. The Balaban J connectivity index is 2.59. The first kappa shape index (κ1) is 12.4. The van der Waals surface area contributed by atoms with Gasteiger partial charge in [-0.3, -0.25) is 9.59 Å². The minimum absolute atomic E-state index is 0.212. The average Bonchev–Trinajstić information content (AvgIpc) is 2.39. The van der Waals surface area contributed by atoms with Gasteiger partial charge < -0.3 is 10.2 Å². The molecule has 94 valence electrons. The summed E-state index contributed by atoms with van der Waals surface area (Å²) in [5.74, 6) is -3.07. The predicted molar refractivity (Wildman–Crippen MR) is 65.3 cm³/mol. The van der Waals surface area contributed by atoms with Crippen LogP contribution in [0.15, 0.2) is 42.5 Å². The molecule has 1 aliphatic carbocycles. The lowest BCUT2D eigenvalue weighted by Gasteiger charge is -2.36. The highest BCUT2D eigenvalue weighted by Crippen LogP contribution is 2.41. The zero-order valence-electron chi connectivity index (χ0n) is 9.74. The predicted octanol–water partition coefficient (Wildman–Crippen LogP) is 2.06. The first-order valence-corrected chi connectivity index (χ1v) is 5.76. The van der Waals surface area contributed by atoms with Gasteiger partial charge in [0.15, 0.2) is 0 Å². The van der Waals surface area contributed by atoms with Gasteiger partial charge in [0.1, 0.15) is 5.41 Å². The Morgan fingerprint density at radius 1 is 1.11 bits per heavy atom. The topological polar surface area (TPSA) is 74.6 Å². The Morgan fingerprint density at radius 2 is 1.78 bits per heavy atom. The lowest BCUT2D eigenvalue weighted by atomic mass is 9.64. The van der Waals surface area contributed by atoms with E-state index in [4.69, 9.17) is 0 Å². The minimum atomic E-state index is -1.36. The normalized spacial score (nSPS) is 26.8. The standard InChI is InChI=1S/C14H14O4/c15-12(16)11-8-4-5-9-14(11,13(17)18)10-6-2-1-3-7-10/h1-7,11H,8-9H2,(H,15,16)(H,17,18)/t11-,14+/m1/s1. The molecule has 0 saturated carbocycles. The largest absolute Gasteiger partial charge is 0.481 e. The fourth-order valence-corrected chi connectivity index (χ4v) is 2.57. The SMILES string of the molecule is O=C(O)[C@H]1CC=CC[C@]1(C(=O)O)c1ccccc1. The highest BCUT2D eigenvalue weighted by Gasteiger charge is 2.50. The van der Waals surface area contributed by atoms with Crippen molar-refractivity contribution in [2.45, 2.75) is 18.3 Å². The van der Waals surface area contributed by atoms with E-state index in [1.165, 1.54) is 0 Å². The third-order valence-corrected chi connectivity index (χ3v) is 3.54. The summed E-state index contributed by atoms with van der Waals surface area (Å²) in [6, 6.07) is 8.62. The van der Waals surface area contributed by atoms with Crippen molar-refractivity contribution >= 4 is 11.9 Å². The van der Waals surface area contributed by atoms with Crippen LogP contribution in [0, 0.1) is 5.92 Å². The smallest absolute Gasteiger partial charge is 0.315 e. The molecule has 18 heavy (non-hydrogen) atoms. The van der Waals surface area contributed by atoms with Crippen molar-refractivity contribution < 1.29 is 19.8 Å². The minimum Gasteiger partial charge on any atom is -0.481 e. The molecule has 1 aromatic rings. The van der Waals surface area contributed by atoms with Crippen molar-refractivity contribution in [3.05, 3.63) is 48.0 Å². The van der Waals surface area contributed by atoms with E-state index in [2.05, 4.69) is 0 Å². The Morgan fingerprint density at radius 3 is 2.33 bits per heavy atom. The fourth-order valence-electron chi connectivity index (χ4n) is 2.57. The van der Waals surface area contributed by atoms with E-state index in [1.807, 2.05) is 0 Å². The van der Waals surface area contributed by atoms with Crippen molar-refractivity contribution in [2.24, 2.45) is 5.92 Å². The maximum Gasteiger partial charge on any atom is 0.315 e. The van der Waals surface area contributed by atoms with Crippen LogP contribution in [0.3, 0.4) is 0 Å². The van der Waals surface area contributed by atoms with Crippen LogP contribution in [0.2, 0.25) is 0 Å². The van der Waals surface area contributed by atoms with Gasteiger partial charge in [0.25, 0.3) is 0 Å². The quantitative estimate of drug-likeness (QED) is 0.800.